The van der Waals surface area contributed by atoms with Crippen LogP contribution in [0.2, 0.25) is 0 Å². The zero-order chi connectivity index (χ0) is 18.1. The van der Waals surface area contributed by atoms with Crippen LogP contribution in [0.5, 0.6) is 0 Å². The normalized spacial score (nSPS) is 16.4. The first kappa shape index (κ1) is 17.2. The van der Waals surface area contributed by atoms with Gasteiger partial charge in [0.1, 0.15) is 5.82 Å². The van der Waals surface area contributed by atoms with Crippen LogP contribution >= 0.6 is 0 Å². The van der Waals surface area contributed by atoms with Crippen molar-refractivity contribution in [3.05, 3.63) is 48.2 Å². The predicted molar refractivity (Wildman–Crippen MR) is 106 cm³/mol. The van der Waals surface area contributed by atoms with Crippen molar-refractivity contribution in [1.29, 1.82) is 0 Å². The molecule has 1 aliphatic heterocycles. The first-order chi connectivity index (χ1) is 12.6. The van der Waals surface area contributed by atoms with Crippen LogP contribution in [-0.4, -0.2) is 57.1 Å². The number of imidazole rings is 1. The van der Waals surface area contributed by atoms with E-state index < -0.39 is 0 Å². The maximum absolute atomic E-state index is 4.69. The number of hydrogen-bond acceptors (Lipinski definition) is 4. The van der Waals surface area contributed by atoms with Gasteiger partial charge >= 0.3 is 0 Å². The molecule has 0 spiro atoms. The van der Waals surface area contributed by atoms with Gasteiger partial charge in [-0.3, -0.25) is 9.88 Å². The third kappa shape index (κ3) is 3.37. The van der Waals surface area contributed by atoms with E-state index in [0.717, 1.165) is 56.5 Å². The Hall–Kier alpha value is -2.24. The van der Waals surface area contributed by atoms with Gasteiger partial charge in [0, 0.05) is 56.9 Å². The molecule has 2 aromatic heterocycles. The highest BCUT2D eigenvalue weighted by molar-refractivity contribution is 5.86. The van der Waals surface area contributed by atoms with Crippen LogP contribution in [0.4, 0.5) is 0 Å². The fourth-order valence-corrected chi connectivity index (χ4v) is 3.70. The van der Waals surface area contributed by atoms with Crippen molar-refractivity contribution in [2.75, 3.05) is 32.7 Å². The van der Waals surface area contributed by atoms with Gasteiger partial charge in [0.2, 0.25) is 0 Å². The van der Waals surface area contributed by atoms with E-state index in [4.69, 9.17) is 4.98 Å². The Morgan fingerprint density at radius 1 is 0.923 bits per heavy atom. The lowest BCUT2D eigenvalue weighted by Gasteiger charge is -2.33. The van der Waals surface area contributed by atoms with Crippen LogP contribution in [0.15, 0.2) is 36.7 Å². The standard InChI is InChI=1S/C21H27N5/c1-4-25-7-9-26(10-8-25)15-20-12-19-11-17(5-6-18(19)13-23-20)21-14-22-16(2)24(21)3/h5-6,11-14H,4,7-10,15H2,1-3H3. The van der Waals surface area contributed by atoms with E-state index >= 15 is 0 Å². The number of nitrogens with zero attached hydrogens (tertiary/aromatic N) is 5. The monoisotopic (exact) mass is 349 g/mol. The minimum Gasteiger partial charge on any atom is -0.331 e. The summed E-state index contributed by atoms with van der Waals surface area (Å²) in [6.45, 7) is 10.9. The summed E-state index contributed by atoms with van der Waals surface area (Å²) in [5.41, 5.74) is 3.51. The molecule has 4 rings (SSSR count). The molecule has 1 aliphatic rings. The van der Waals surface area contributed by atoms with E-state index in [2.05, 4.69) is 57.6 Å². The van der Waals surface area contributed by atoms with E-state index in [-0.39, 0.29) is 0 Å². The lowest BCUT2D eigenvalue weighted by Crippen LogP contribution is -2.45. The summed E-state index contributed by atoms with van der Waals surface area (Å²) in [6.07, 6.45) is 3.96. The van der Waals surface area contributed by atoms with Crippen molar-refractivity contribution in [1.82, 2.24) is 24.3 Å². The van der Waals surface area contributed by atoms with Crippen molar-refractivity contribution in [2.24, 2.45) is 7.05 Å². The molecule has 0 radical (unpaired) electrons. The Kier molecular flexibility index (Phi) is 4.74. The minimum absolute atomic E-state index is 0.933. The molecule has 0 atom stereocenters. The lowest BCUT2D eigenvalue weighted by atomic mass is 10.1. The second kappa shape index (κ2) is 7.17. The fourth-order valence-electron chi connectivity index (χ4n) is 3.70. The summed E-state index contributed by atoms with van der Waals surface area (Å²) in [4.78, 5) is 14.1. The summed E-state index contributed by atoms with van der Waals surface area (Å²) in [6, 6.07) is 8.81. The summed E-state index contributed by atoms with van der Waals surface area (Å²) in [5.74, 6) is 1.03. The van der Waals surface area contributed by atoms with Gasteiger partial charge in [-0.25, -0.2) is 4.98 Å². The molecule has 0 aliphatic carbocycles. The molecule has 5 heteroatoms. The summed E-state index contributed by atoms with van der Waals surface area (Å²) < 4.78 is 2.14. The first-order valence-electron chi connectivity index (χ1n) is 9.46. The molecule has 0 saturated carbocycles. The molecule has 136 valence electrons. The van der Waals surface area contributed by atoms with Gasteiger partial charge in [0.05, 0.1) is 17.6 Å². The Balaban J connectivity index is 1.57. The average Bonchev–Trinajstić information content (AvgIpc) is 3.00. The number of fused-ring (bicyclic) bond motifs is 1. The molecule has 1 saturated heterocycles. The number of hydrogen-bond donors (Lipinski definition) is 0. The number of aromatic nitrogens is 3. The molecular weight excluding hydrogens is 322 g/mol. The average molecular weight is 349 g/mol. The molecule has 5 nitrogen and oxygen atoms in total. The van der Waals surface area contributed by atoms with E-state index in [0.29, 0.717) is 0 Å². The predicted octanol–water partition coefficient (Wildman–Crippen LogP) is 3.08. The van der Waals surface area contributed by atoms with Crippen LogP contribution in [0.25, 0.3) is 22.0 Å². The maximum Gasteiger partial charge on any atom is 0.105 e. The Bertz CT molecular complexity index is 906. The maximum atomic E-state index is 4.69. The molecule has 0 amide bonds. The van der Waals surface area contributed by atoms with Crippen molar-refractivity contribution in [3.63, 3.8) is 0 Å². The molecule has 3 heterocycles. The molecule has 3 aromatic rings. The van der Waals surface area contributed by atoms with Crippen molar-refractivity contribution >= 4 is 10.8 Å². The van der Waals surface area contributed by atoms with Crippen molar-refractivity contribution in [2.45, 2.75) is 20.4 Å². The molecule has 26 heavy (non-hydrogen) atoms. The number of aryl methyl sites for hydroxylation is 1. The van der Waals surface area contributed by atoms with Gasteiger partial charge in [0.15, 0.2) is 0 Å². The third-order valence-corrected chi connectivity index (χ3v) is 5.59. The number of likely N-dealkylation sites (N-methyl/N-ethyl adjacent to an activating group) is 1. The van der Waals surface area contributed by atoms with E-state index in [9.17, 15) is 0 Å². The number of rotatable bonds is 4. The first-order valence-corrected chi connectivity index (χ1v) is 9.46. The second-order valence-corrected chi connectivity index (χ2v) is 7.20. The zero-order valence-corrected chi connectivity index (χ0v) is 15.9. The van der Waals surface area contributed by atoms with Gasteiger partial charge in [0.25, 0.3) is 0 Å². The Morgan fingerprint density at radius 3 is 2.38 bits per heavy atom. The van der Waals surface area contributed by atoms with E-state index in [1.54, 1.807) is 0 Å². The van der Waals surface area contributed by atoms with Gasteiger partial charge in [-0.2, -0.15) is 0 Å². The Morgan fingerprint density at radius 2 is 1.69 bits per heavy atom. The lowest BCUT2D eigenvalue weighted by molar-refractivity contribution is 0.131. The van der Waals surface area contributed by atoms with Crippen LogP contribution < -0.4 is 0 Å². The van der Waals surface area contributed by atoms with E-state index in [1.807, 2.05) is 19.3 Å². The highest BCUT2D eigenvalue weighted by Gasteiger charge is 2.16. The largest absolute Gasteiger partial charge is 0.331 e. The van der Waals surface area contributed by atoms with Crippen LogP contribution in [0.1, 0.15) is 18.4 Å². The van der Waals surface area contributed by atoms with E-state index in [1.165, 1.54) is 16.3 Å². The number of pyridine rings is 1. The van der Waals surface area contributed by atoms with Gasteiger partial charge in [-0.15, -0.1) is 0 Å². The molecule has 1 fully saturated rings. The number of benzene rings is 1. The zero-order valence-electron chi connectivity index (χ0n) is 15.9. The fraction of sp³-hybridized carbons (Fsp3) is 0.429. The highest BCUT2D eigenvalue weighted by Crippen LogP contribution is 2.25. The minimum atomic E-state index is 0.933. The molecule has 1 aromatic carbocycles. The highest BCUT2D eigenvalue weighted by atomic mass is 15.3. The van der Waals surface area contributed by atoms with Crippen LogP contribution in [-0.2, 0) is 13.6 Å². The van der Waals surface area contributed by atoms with Gasteiger partial charge in [-0.1, -0.05) is 19.1 Å². The SMILES string of the molecule is CCN1CCN(Cc2cc3cc(-c4cnc(C)n4C)ccc3cn2)CC1. The molecule has 0 N–H and O–H groups in total. The quantitative estimate of drug-likeness (QED) is 0.725. The third-order valence-electron chi connectivity index (χ3n) is 5.59. The molecular formula is C21H27N5. The van der Waals surface area contributed by atoms with Crippen molar-refractivity contribution < 1.29 is 0 Å². The van der Waals surface area contributed by atoms with Gasteiger partial charge in [-0.05, 0) is 31.0 Å². The Labute approximate surface area is 155 Å². The molecule has 0 bridgehead atoms. The van der Waals surface area contributed by atoms with Crippen LogP contribution in [0, 0.1) is 6.92 Å². The second-order valence-electron chi connectivity index (χ2n) is 7.20. The number of piperazine rings is 1. The summed E-state index contributed by atoms with van der Waals surface area (Å²) in [7, 11) is 2.07. The van der Waals surface area contributed by atoms with Gasteiger partial charge < -0.3 is 9.47 Å². The van der Waals surface area contributed by atoms with Crippen LogP contribution in [0.3, 0.4) is 0 Å². The smallest absolute Gasteiger partial charge is 0.105 e. The summed E-state index contributed by atoms with van der Waals surface area (Å²) >= 11 is 0. The topological polar surface area (TPSA) is 37.2 Å². The summed E-state index contributed by atoms with van der Waals surface area (Å²) in [5, 5.41) is 2.44. The molecule has 0 unspecified atom stereocenters. The van der Waals surface area contributed by atoms with Crippen molar-refractivity contribution in [3.8, 4) is 11.3 Å².